The predicted molar refractivity (Wildman–Crippen MR) is 121 cm³/mol. The van der Waals surface area contributed by atoms with Crippen molar-refractivity contribution in [2.45, 2.75) is 38.5 Å². The normalized spacial score (nSPS) is 20.3. The van der Waals surface area contributed by atoms with E-state index in [0.717, 1.165) is 47.7 Å². The maximum absolute atomic E-state index is 12.7. The van der Waals surface area contributed by atoms with E-state index in [4.69, 9.17) is 19.4 Å². The van der Waals surface area contributed by atoms with Crippen LogP contribution in [0.5, 0.6) is 0 Å². The fourth-order valence-corrected chi connectivity index (χ4v) is 4.60. The van der Waals surface area contributed by atoms with Gasteiger partial charge in [-0.15, -0.1) is 0 Å². The van der Waals surface area contributed by atoms with E-state index in [1.54, 1.807) is 12.1 Å². The number of anilines is 1. The lowest BCUT2D eigenvalue weighted by Gasteiger charge is -2.32. The molecule has 1 fully saturated rings. The third-order valence-electron chi connectivity index (χ3n) is 6.24. The highest BCUT2D eigenvalue weighted by atomic mass is 35.5. The van der Waals surface area contributed by atoms with Crippen molar-refractivity contribution in [3.05, 3.63) is 65.3 Å². The highest BCUT2D eigenvalue weighted by Crippen LogP contribution is 2.40. The Morgan fingerprint density at radius 2 is 1.83 bits per heavy atom. The van der Waals surface area contributed by atoms with E-state index in [-0.39, 0.29) is 11.8 Å². The molecule has 1 unspecified atom stereocenters. The van der Waals surface area contributed by atoms with E-state index in [9.17, 15) is 4.79 Å². The highest BCUT2D eigenvalue weighted by Gasteiger charge is 2.30. The van der Waals surface area contributed by atoms with Crippen molar-refractivity contribution in [1.29, 1.82) is 0 Å². The molecule has 1 heterocycles. The van der Waals surface area contributed by atoms with Crippen LogP contribution >= 0.6 is 11.6 Å². The lowest BCUT2D eigenvalue weighted by Crippen LogP contribution is -2.29. The van der Waals surface area contributed by atoms with E-state index in [1.165, 1.54) is 5.56 Å². The van der Waals surface area contributed by atoms with Gasteiger partial charge < -0.3 is 5.32 Å². The summed E-state index contributed by atoms with van der Waals surface area (Å²) < 4.78 is 0. The van der Waals surface area contributed by atoms with Crippen molar-refractivity contribution >= 4 is 47.4 Å². The molecule has 3 aromatic rings. The molecule has 1 amide bonds. The van der Waals surface area contributed by atoms with Gasteiger partial charge in [-0.25, -0.2) is 0 Å². The lowest BCUT2D eigenvalue weighted by atomic mass is 9.73. The van der Waals surface area contributed by atoms with Crippen molar-refractivity contribution in [3.63, 3.8) is 0 Å². The molecule has 0 spiro atoms. The smallest absolute Gasteiger partial charge is 0.227 e. The molecule has 29 heavy (non-hydrogen) atoms. The number of carbonyl (C=O) groups is 1. The summed E-state index contributed by atoms with van der Waals surface area (Å²) in [5, 5.41) is 4.84. The van der Waals surface area contributed by atoms with Gasteiger partial charge in [0.25, 0.3) is 0 Å². The van der Waals surface area contributed by atoms with Crippen molar-refractivity contribution in [3.8, 4) is 0 Å². The standard InChI is InChI=1S/C24H24BClN2O/c1-15(24(29)28-20-9-7-19(26)8-10-20)16-2-4-17(5-3-16)21-12-13-27-23-11-6-18(25)14-22(21)23/h6-17H,2-5H2,1H3,(H,28,29). The predicted octanol–water partition coefficient (Wildman–Crippen LogP) is 5.23. The van der Waals surface area contributed by atoms with Gasteiger partial charge in [-0.05, 0) is 79.5 Å². The van der Waals surface area contributed by atoms with Gasteiger partial charge in [0, 0.05) is 28.2 Å². The molecule has 2 aromatic carbocycles. The van der Waals surface area contributed by atoms with Crippen LogP contribution in [0.3, 0.4) is 0 Å². The van der Waals surface area contributed by atoms with E-state index in [0.29, 0.717) is 16.9 Å². The van der Waals surface area contributed by atoms with E-state index in [1.807, 2.05) is 43.5 Å². The molecule has 2 radical (unpaired) electrons. The van der Waals surface area contributed by atoms with Crippen molar-refractivity contribution in [2.24, 2.45) is 11.8 Å². The molecule has 1 saturated carbocycles. The molecule has 1 N–H and O–H groups in total. The van der Waals surface area contributed by atoms with Crippen LogP contribution in [0, 0.1) is 11.8 Å². The highest BCUT2D eigenvalue weighted by molar-refractivity contribution is 6.33. The Kier molecular flexibility index (Phi) is 5.91. The number of nitrogens with one attached hydrogen (secondary N) is 1. The zero-order valence-electron chi connectivity index (χ0n) is 16.6. The van der Waals surface area contributed by atoms with Gasteiger partial charge >= 0.3 is 0 Å². The van der Waals surface area contributed by atoms with Crippen molar-refractivity contribution in [1.82, 2.24) is 4.98 Å². The topological polar surface area (TPSA) is 42.0 Å². The van der Waals surface area contributed by atoms with Crippen LogP contribution in [0.25, 0.3) is 10.9 Å². The fourth-order valence-electron chi connectivity index (χ4n) is 4.47. The minimum atomic E-state index is -0.0172. The van der Waals surface area contributed by atoms with Gasteiger partial charge in [-0.2, -0.15) is 0 Å². The number of hydrogen-bond acceptors (Lipinski definition) is 2. The molecule has 3 nitrogen and oxygen atoms in total. The average Bonchev–Trinajstić information content (AvgIpc) is 2.74. The summed E-state index contributed by atoms with van der Waals surface area (Å²) in [5.41, 5.74) is 3.89. The third-order valence-corrected chi connectivity index (χ3v) is 6.50. The maximum Gasteiger partial charge on any atom is 0.227 e. The zero-order chi connectivity index (χ0) is 20.4. The number of halogens is 1. The average molecular weight is 403 g/mol. The molecule has 5 heteroatoms. The lowest BCUT2D eigenvalue weighted by molar-refractivity contribution is -0.121. The maximum atomic E-state index is 12.7. The number of benzene rings is 2. The first kappa shape index (κ1) is 20.0. The summed E-state index contributed by atoms with van der Waals surface area (Å²) in [7, 11) is 6.01. The first-order chi connectivity index (χ1) is 14.0. The third kappa shape index (κ3) is 4.48. The number of pyridine rings is 1. The summed E-state index contributed by atoms with van der Waals surface area (Å²) >= 11 is 5.92. The Bertz CT molecular complexity index is 1010. The monoisotopic (exact) mass is 402 g/mol. The Morgan fingerprint density at radius 3 is 2.55 bits per heavy atom. The number of hydrogen-bond donors (Lipinski definition) is 1. The number of fused-ring (bicyclic) bond motifs is 1. The Labute approximate surface area is 178 Å². The number of carbonyl (C=O) groups excluding carboxylic acids is 1. The molecule has 1 aromatic heterocycles. The molecule has 4 rings (SSSR count). The number of amides is 1. The van der Waals surface area contributed by atoms with Gasteiger partial charge in [-0.1, -0.05) is 36.1 Å². The summed E-state index contributed by atoms with van der Waals surface area (Å²) in [4.78, 5) is 17.2. The van der Waals surface area contributed by atoms with Crippen molar-refractivity contribution < 1.29 is 4.79 Å². The van der Waals surface area contributed by atoms with Crippen LogP contribution in [-0.4, -0.2) is 18.7 Å². The van der Waals surface area contributed by atoms with Crippen LogP contribution in [0.4, 0.5) is 5.69 Å². The second kappa shape index (κ2) is 8.58. The summed E-state index contributed by atoms with van der Waals surface area (Å²) in [6.07, 6.45) is 6.15. The minimum absolute atomic E-state index is 0.0172. The van der Waals surface area contributed by atoms with Crippen LogP contribution in [-0.2, 0) is 4.79 Å². The van der Waals surface area contributed by atoms with E-state index < -0.39 is 0 Å². The molecule has 1 atom stereocenters. The first-order valence-corrected chi connectivity index (χ1v) is 10.6. The van der Waals surface area contributed by atoms with Gasteiger partial charge in [0.05, 0.1) is 5.52 Å². The van der Waals surface area contributed by atoms with Crippen LogP contribution in [0.1, 0.15) is 44.1 Å². The van der Waals surface area contributed by atoms with E-state index >= 15 is 0 Å². The fraction of sp³-hybridized carbons (Fsp3) is 0.333. The first-order valence-electron chi connectivity index (χ1n) is 10.2. The molecule has 0 aliphatic heterocycles. The van der Waals surface area contributed by atoms with Crippen LogP contribution in [0.15, 0.2) is 54.7 Å². The van der Waals surface area contributed by atoms with E-state index in [2.05, 4.69) is 16.4 Å². The summed E-state index contributed by atoms with van der Waals surface area (Å²) in [6, 6.07) is 15.3. The second-order valence-corrected chi connectivity index (χ2v) is 8.51. The number of aromatic nitrogens is 1. The Hall–Kier alpha value is -2.33. The molecule has 0 saturated heterocycles. The minimum Gasteiger partial charge on any atom is -0.326 e. The quantitative estimate of drug-likeness (QED) is 0.607. The zero-order valence-corrected chi connectivity index (χ0v) is 17.3. The van der Waals surface area contributed by atoms with Gasteiger partial charge in [0.1, 0.15) is 7.85 Å². The van der Waals surface area contributed by atoms with Gasteiger partial charge in [0.15, 0.2) is 0 Å². The Morgan fingerprint density at radius 1 is 1.10 bits per heavy atom. The van der Waals surface area contributed by atoms with Crippen LogP contribution < -0.4 is 10.8 Å². The second-order valence-electron chi connectivity index (χ2n) is 8.07. The number of nitrogens with zero attached hydrogens (tertiary/aromatic N) is 1. The molecular formula is C24H24BClN2O. The SMILES string of the molecule is [B]c1ccc2nccc(C3CCC(C(C)C(=O)Nc4ccc(Cl)cc4)CC3)c2c1. The Balaban J connectivity index is 1.41. The molecule has 1 aliphatic rings. The van der Waals surface area contributed by atoms with Crippen LogP contribution in [0.2, 0.25) is 5.02 Å². The van der Waals surface area contributed by atoms with Gasteiger partial charge in [-0.3, -0.25) is 9.78 Å². The van der Waals surface area contributed by atoms with Gasteiger partial charge in [0.2, 0.25) is 5.91 Å². The molecule has 0 bridgehead atoms. The molecular weight excluding hydrogens is 379 g/mol. The molecule has 146 valence electrons. The summed E-state index contributed by atoms with van der Waals surface area (Å²) in [6.45, 7) is 2.04. The largest absolute Gasteiger partial charge is 0.326 e. The molecule has 1 aliphatic carbocycles. The summed E-state index contributed by atoms with van der Waals surface area (Å²) in [5.74, 6) is 0.955. The number of rotatable bonds is 4. The van der Waals surface area contributed by atoms with Crippen molar-refractivity contribution in [2.75, 3.05) is 5.32 Å².